The lowest BCUT2D eigenvalue weighted by molar-refractivity contribution is 0.274. The minimum Gasteiger partial charge on any atom is -0.493 e. The Labute approximate surface area is 104 Å². The fourth-order valence-corrected chi connectivity index (χ4v) is 2.12. The molecule has 0 saturated carbocycles. The van der Waals surface area contributed by atoms with E-state index in [2.05, 4.69) is 5.38 Å². The third-order valence-electron chi connectivity index (χ3n) is 2.39. The van der Waals surface area contributed by atoms with E-state index in [1.165, 1.54) is 0 Å². The molecule has 0 spiro atoms. The summed E-state index contributed by atoms with van der Waals surface area (Å²) in [5.74, 6) is 1.34. The smallest absolute Gasteiger partial charge is 0.161 e. The van der Waals surface area contributed by atoms with Crippen molar-refractivity contribution in [1.82, 2.24) is 0 Å². The van der Waals surface area contributed by atoms with E-state index >= 15 is 0 Å². The van der Waals surface area contributed by atoms with Gasteiger partial charge in [-0.25, -0.2) is 0 Å². The third kappa shape index (κ3) is 2.99. The summed E-state index contributed by atoms with van der Waals surface area (Å²) in [6.45, 7) is 0.527. The van der Waals surface area contributed by atoms with Gasteiger partial charge in [0.25, 0.3) is 0 Å². The highest BCUT2D eigenvalue weighted by molar-refractivity contribution is 7.07. The summed E-state index contributed by atoms with van der Waals surface area (Å²) in [5, 5.41) is 13.1. The van der Waals surface area contributed by atoms with Crippen LogP contribution in [0.2, 0.25) is 0 Å². The zero-order chi connectivity index (χ0) is 12.1. The Hall–Kier alpha value is -1.52. The van der Waals surface area contributed by atoms with Crippen molar-refractivity contribution in [3.63, 3.8) is 0 Å². The second kappa shape index (κ2) is 5.70. The Morgan fingerprint density at radius 2 is 2.06 bits per heavy atom. The van der Waals surface area contributed by atoms with E-state index in [0.717, 1.165) is 11.1 Å². The Kier molecular flexibility index (Phi) is 4.01. The number of thiophene rings is 1. The van der Waals surface area contributed by atoms with Gasteiger partial charge in [-0.15, -0.1) is 0 Å². The SMILES string of the molecule is COc1cc(CO)ccc1OCc1ccsc1. The Morgan fingerprint density at radius 1 is 1.18 bits per heavy atom. The first-order valence-electron chi connectivity index (χ1n) is 5.25. The molecule has 3 nitrogen and oxygen atoms in total. The Balaban J connectivity index is 2.09. The summed E-state index contributed by atoms with van der Waals surface area (Å²) in [6, 6.07) is 7.45. The van der Waals surface area contributed by atoms with Gasteiger partial charge in [0.05, 0.1) is 13.7 Å². The lowest BCUT2D eigenvalue weighted by Crippen LogP contribution is -1.97. The molecule has 0 aliphatic heterocycles. The zero-order valence-electron chi connectivity index (χ0n) is 9.55. The highest BCUT2D eigenvalue weighted by Crippen LogP contribution is 2.28. The molecule has 17 heavy (non-hydrogen) atoms. The first kappa shape index (κ1) is 12.0. The number of rotatable bonds is 5. The van der Waals surface area contributed by atoms with Crippen LogP contribution in [0, 0.1) is 0 Å². The maximum atomic E-state index is 9.03. The highest BCUT2D eigenvalue weighted by Gasteiger charge is 2.05. The van der Waals surface area contributed by atoms with Crippen LogP contribution >= 0.6 is 11.3 Å². The van der Waals surface area contributed by atoms with Crippen LogP contribution in [0.25, 0.3) is 0 Å². The summed E-state index contributed by atoms with van der Waals surface area (Å²) in [7, 11) is 1.59. The maximum absolute atomic E-state index is 9.03. The van der Waals surface area contributed by atoms with Crippen molar-refractivity contribution in [2.75, 3.05) is 7.11 Å². The molecule has 1 aromatic carbocycles. The van der Waals surface area contributed by atoms with Gasteiger partial charge in [0.1, 0.15) is 6.61 Å². The molecule has 1 aromatic heterocycles. The van der Waals surface area contributed by atoms with Crippen LogP contribution in [-0.4, -0.2) is 12.2 Å². The molecule has 2 aromatic rings. The summed E-state index contributed by atoms with van der Waals surface area (Å²) < 4.78 is 10.9. The summed E-state index contributed by atoms with van der Waals surface area (Å²) in [5.41, 5.74) is 1.95. The molecule has 0 atom stereocenters. The fraction of sp³-hybridized carbons (Fsp3) is 0.231. The molecular weight excluding hydrogens is 236 g/mol. The monoisotopic (exact) mass is 250 g/mol. The van der Waals surface area contributed by atoms with Gasteiger partial charge in [-0.3, -0.25) is 0 Å². The molecule has 0 amide bonds. The van der Waals surface area contributed by atoms with Crippen molar-refractivity contribution >= 4 is 11.3 Å². The van der Waals surface area contributed by atoms with Gasteiger partial charge in [-0.1, -0.05) is 6.07 Å². The van der Waals surface area contributed by atoms with Crippen LogP contribution in [-0.2, 0) is 13.2 Å². The molecule has 0 unspecified atom stereocenters. The van der Waals surface area contributed by atoms with Crippen LogP contribution in [0.4, 0.5) is 0 Å². The number of hydrogen-bond donors (Lipinski definition) is 1. The van der Waals surface area contributed by atoms with Gasteiger partial charge in [0.15, 0.2) is 11.5 Å². The first-order valence-corrected chi connectivity index (χ1v) is 6.19. The van der Waals surface area contributed by atoms with E-state index in [1.54, 1.807) is 24.5 Å². The highest BCUT2D eigenvalue weighted by atomic mass is 32.1. The van der Waals surface area contributed by atoms with Crippen molar-refractivity contribution in [3.8, 4) is 11.5 Å². The van der Waals surface area contributed by atoms with Crippen LogP contribution in [0.3, 0.4) is 0 Å². The van der Waals surface area contributed by atoms with Crippen LogP contribution in [0.1, 0.15) is 11.1 Å². The lowest BCUT2D eigenvalue weighted by atomic mass is 10.2. The van der Waals surface area contributed by atoms with E-state index < -0.39 is 0 Å². The van der Waals surface area contributed by atoms with E-state index in [0.29, 0.717) is 18.1 Å². The number of aliphatic hydroxyl groups excluding tert-OH is 1. The van der Waals surface area contributed by atoms with Crippen LogP contribution in [0.15, 0.2) is 35.0 Å². The van der Waals surface area contributed by atoms with E-state index in [4.69, 9.17) is 14.6 Å². The molecule has 0 radical (unpaired) electrons. The van der Waals surface area contributed by atoms with Crippen molar-refractivity contribution in [3.05, 3.63) is 46.2 Å². The van der Waals surface area contributed by atoms with Gasteiger partial charge < -0.3 is 14.6 Å². The second-order valence-electron chi connectivity index (χ2n) is 3.56. The fourth-order valence-electron chi connectivity index (χ4n) is 1.47. The Bertz CT molecular complexity index is 466. The van der Waals surface area contributed by atoms with Crippen LogP contribution in [0.5, 0.6) is 11.5 Å². The summed E-state index contributed by atoms with van der Waals surface area (Å²) in [6.07, 6.45) is 0. The molecule has 1 heterocycles. The number of ether oxygens (including phenoxy) is 2. The van der Waals surface area contributed by atoms with Gasteiger partial charge in [-0.05, 0) is 40.1 Å². The summed E-state index contributed by atoms with van der Waals surface area (Å²) in [4.78, 5) is 0. The van der Waals surface area contributed by atoms with Crippen molar-refractivity contribution in [2.45, 2.75) is 13.2 Å². The minimum atomic E-state index is 0.00116. The molecule has 0 fully saturated rings. The van der Waals surface area contributed by atoms with Crippen molar-refractivity contribution in [2.24, 2.45) is 0 Å². The minimum absolute atomic E-state index is 0.00116. The van der Waals surface area contributed by atoms with Gasteiger partial charge in [-0.2, -0.15) is 11.3 Å². The lowest BCUT2D eigenvalue weighted by Gasteiger charge is -2.11. The largest absolute Gasteiger partial charge is 0.493 e. The average molecular weight is 250 g/mol. The number of benzene rings is 1. The van der Waals surface area contributed by atoms with E-state index in [1.807, 2.05) is 23.6 Å². The molecule has 2 rings (SSSR count). The summed E-state index contributed by atoms with van der Waals surface area (Å²) >= 11 is 1.65. The maximum Gasteiger partial charge on any atom is 0.161 e. The molecule has 90 valence electrons. The third-order valence-corrected chi connectivity index (χ3v) is 3.12. The number of aliphatic hydroxyl groups is 1. The topological polar surface area (TPSA) is 38.7 Å². The van der Waals surface area contributed by atoms with Crippen molar-refractivity contribution in [1.29, 1.82) is 0 Å². The number of methoxy groups -OCH3 is 1. The molecule has 0 aliphatic rings. The van der Waals surface area contributed by atoms with Gasteiger partial charge in [0, 0.05) is 0 Å². The molecule has 0 aliphatic carbocycles. The van der Waals surface area contributed by atoms with Crippen LogP contribution < -0.4 is 9.47 Å². The van der Waals surface area contributed by atoms with Crippen molar-refractivity contribution < 1.29 is 14.6 Å². The van der Waals surface area contributed by atoms with Gasteiger partial charge >= 0.3 is 0 Å². The molecule has 0 bridgehead atoms. The molecule has 0 saturated heterocycles. The first-order chi connectivity index (χ1) is 8.33. The standard InChI is InChI=1S/C13H14O3S/c1-15-13-6-10(7-14)2-3-12(13)16-8-11-4-5-17-9-11/h2-6,9,14H,7-8H2,1H3. The normalized spacial score (nSPS) is 10.2. The zero-order valence-corrected chi connectivity index (χ0v) is 10.4. The second-order valence-corrected chi connectivity index (χ2v) is 4.34. The molecule has 1 N–H and O–H groups in total. The molecule has 4 heteroatoms. The quantitative estimate of drug-likeness (QED) is 0.886. The van der Waals surface area contributed by atoms with E-state index in [9.17, 15) is 0 Å². The average Bonchev–Trinajstić information content (AvgIpc) is 2.89. The predicted octanol–water partition coefficient (Wildman–Crippen LogP) is 2.83. The molecular formula is C13H14O3S. The Morgan fingerprint density at radius 3 is 2.71 bits per heavy atom. The van der Waals surface area contributed by atoms with Gasteiger partial charge in [0.2, 0.25) is 0 Å². The van der Waals surface area contributed by atoms with E-state index in [-0.39, 0.29) is 6.61 Å². The number of hydrogen-bond acceptors (Lipinski definition) is 4. The predicted molar refractivity (Wildman–Crippen MR) is 67.6 cm³/mol.